The van der Waals surface area contributed by atoms with Crippen LogP contribution >= 0.6 is 11.3 Å². The molecule has 1 N–H and O–H groups in total. The summed E-state index contributed by atoms with van der Waals surface area (Å²) in [5.41, 5.74) is 1.08. The lowest BCUT2D eigenvalue weighted by molar-refractivity contribution is 0.0103. The Balaban J connectivity index is 1.43. The van der Waals surface area contributed by atoms with Crippen LogP contribution in [-0.4, -0.2) is 36.0 Å². The zero-order valence-corrected chi connectivity index (χ0v) is 16.3. The Hall–Kier alpha value is -1.85. The zero-order valence-electron chi connectivity index (χ0n) is 15.5. The number of hydrogen-bond donors (Lipinski definition) is 1. The standard InChI is InChI=1S/C21H26N2O2S/c1-15-7-8-19(26-15)20(24)23(2)17-9-11-21(12-10-17)14-22-13-16-5-3-4-6-18(16)25-21/h3-8,17,22H,9-14H2,1-2H3. The Kier molecular flexibility index (Phi) is 4.76. The van der Waals surface area contributed by atoms with Crippen LogP contribution in [0.2, 0.25) is 0 Å². The number of carbonyl (C=O) groups is 1. The van der Waals surface area contributed by atoms with Crippen molar-refractivity contribution in [3.63, 3.8) is 0 Å². The van der Waals surface area contributed by atoms with Crippen molar-refractivity contribution in [3.05, 3.63) is 51.7 Å². The number of amides is 1. The van der Waals surface area contributed by atoms with Crippen molar-refractivity contribution in [2.75, 3.05) is 13.6 Å². The summed E-state index contributed by atoms with van der Waals surface area (Å²) in [5, 5.41) is 3.56. The number of para-hydroxylation sites is 1. The maximum Gasteiger partial charge on any atom is 0.263 e. The van der Waals surface area contributed by atoms with E-state index in [1.807, 2.05) is 37.1 Å². The van der Waals surface area contributed by atoms with Gasteiger partial charge in [-0.15, -0.1) is 11.3 Å². The van der Waals surface area contributed by atoms with Crippen molar-refractivity contribution < 1.29 is 9.53 Å². The van der Waals surface area contributed by atoms with E-state index in [2.05, 4.69) is 23.5 Å². The minimum absolute atomic E-state index is 0.146. The van der Waals surface area contributed by atoms with Crippen molar-refractivity contribution in [2.45, 2.75) is 50.8 Å². The van der Waals surface area contributed by atoms with Gasteiger partial charge in [0.2, 0.25) is 0 Å². The highest BCUT2D eigenvalue weighted by molar-refractivity contribution is 7.13. The number of rotatable bonds is 2. The highest BCUT2D eigenvalue weighted by Gasteiger charge is 2.40. The van der Waals surface area contributed by atoms with Crippen molar-refractivity contribution in [3.8, 4) is 5.75 Å². The van der Waals surface area contributed by atoms with E-state index in [1.54, 1.807) is 11.3 Å². The fourth-order valence-electron chi connectivity index (χ4n) is 4.13. The molecule has 26 heavy (non-hydrogen) atoms. The molecular weight excluding hydrogens is 344 g/mol. The Morgan fingerprint density at radius 1 is 1.23 bits per heavy atom. The number of fused-ring (bicyclic) bond motifs is 1. The lowest BCUT2D eigenvalue weighted by Crippen LogP contribution is -2.50. The quantitative estimate of drug-likeness (QED) is 0.869. The maximum absolute atomic E-state index is 12.7. The molecule has 0 saturated heterocycles. The number of benzene rings is 1. The van der Waals surface area contributed by atoms with Gasteiger partial charge >= 0.3 is 0 Å². The van der Waals surface area contributed by atoms with Crippen LogP contribution in [0.15, 0.2) is 36.4 Å². The SMILES string of the molecule is Cc1ccc(C(=O)N(C)C2CCC3(CC2)CNCc2ccccc2O3)s1. The second-order valence-corrected chi connectivity index (χ2v) is 8.84. The Morgan fingerprint density at radius 3 is 2.73 bits per heavy atom. The minimum Gasteiger partial charge on any atom is -0.486 e. The van der Waals surface area contributed by atoms with E-state index in [0.717, 1.165) is 49.4 Å². The largest absolute Gasteiger partial charge is 0.486 e. The van der Waals surface area contributed by atoms with Crippen molar-refractivity contribution in [1.82, 2.24) is 10.2 Å². The molecule has 0 unspecified atom stereocenters. The first-order chi connectivity index (χ1) is 12.6. The van der Waals surface area contributed by atoms with Crippen LogP contribution in [0.3, 0.4) is 0 Å². The summed E-state index contributed by atoms with van der Waals surface area (Å²) in [4.78, 5) is 16.7. The monoisotopic (exact) mass is 370 g/mol. The number of ether oxygens (including phenoxy) is 1. The number of hydrogen-bond acceptors (Lipinski definition) is 4. The summed E-state index contributed by atoms with van der Waals surface area (Å²) < 4.78 is 6.50. The molecule has 1 fully saturated rings. The van der Waals surface area contributed by atoms with Crippen LogP contribution in [0, 0.1) is 6.92 Å². The first kappa shape index (κ1) is 17.6. The van der Waals surface area contributed by atoms with Crippen LogP contribution in [-0.2, 0) is 6.54 Å². The molecule has 2 aromatic rings. The van der Waals surface area contributed by atoms with Gasteiger partial charge in [0.25, 0.3) is 5.91 Å². The van der Waals surface area contributed by atoms with Gasteiger partial charge in [-0.05, 0) is 50.8 Å². The van der Waals surface area contributed by atoms with Gasteiger partial charge in [-0.2, -0.15) is 0 Å². The van der Waals surface area contributed by atoms with Gasteiger partial charge in [-0.1, -0.05) is 18.2 Å². The predicted molar refractivity (Wildman–Crippen MR) is 105 cm³/mol. The van der Waals surface area contributed by atoms with Gasteiger partial charge in [0.05, 0.1) is 4.88 Å². The zero-order chi connectivity index (χ0) is 18.1. The van der Waals surface area contributed by atoms with E-state index in [9.17, 15) is 4.79 Å². The number of carbonyl (C=O) groups excluding carboxylic acids is 1. The van der Waals surface area contributed by atoms with Crippen LogP contribution in [0.4, 0.5) is 0 Å². The third kappa shape index (κ3) is 3.38. The summed E-state index contributed by atoms with van der Waals surface area (Å²) in [6.45, 7) is 3.77. The molecule has 4 rings (SSSR count). The molecular formula is C21H26N2O2S. The summed E-state index contributed by atoms with van der Waals surface area (Å²) in [7, 11) is 1.95. The van der Waals surface area contributed by atoms with E-state index in [0.29, 0.717) is 0 Å². The molecule has 1 amide bonds. The average molecular weight is 371 g/mol. The van der Waals surface area contributed by atoms with Crippen molar-refractivity contribution in [2.24, 2.45) is 0 Å². The van der Waals surface area contributed by atoms with Crippen molar-refractivity contribution >= 4 is 17.2 Å². The normalized spacial score (nSPS) is 25.2. The molecule has 1 aromatic carbocycles. The lowest BCUT2D eigenvalue weighted by Gasteiger charge is -2.42. The number of nitrogens with one attached hydrogen (secondary N) is 1. The summed E-state index contributed by atoms with van der Waals surface area (Å²) in [5.74, 6) is 1.16. The molecule has 4 nitrogen and oxygen atoms in total. The first-order valence-electron chi connectivity index (χ1n) is 9.38. The molecule has 0 bridgehead atoms. The Labute approximate surface area is 159 Å². The second kappa shape index (κ2) is 7.05. The van der Waals surface area contributed by atoms with Gasteiger partial charge in [-0.25, -0.2) is 0 Å². The molecule has 2 heterocycles. The molecule has 1 aliphatic heterocycles. The van der Waals surface area contributed by atoms with Gasteiger partial charge in [0.1, 0.15) is 11.4 Å². The molecule has 1 aliphatic carbocycles. The van der Waals surface area contributed by atoms with Crippen LogP contribution in [0.25, 0.3) is 0 Å². The highest BCUT2D eigenvalue weighted by Crippen LogP contribution is 2.37. The van der Waals surface area contributed by atoms with Gasteiger partial charge < -0.3 is 15.0 Å². The van der Waals surface area contributed by atoms with Crippen molar-refractivity contribution in [1.29, 1.82) is 0 Å². The molecule has 0 radical (unpaired) electrons. The number of aryl methyl sites for hydroxylation is 1. The second-order valence-electron chi connectivity index (χ2n) is 7.55. The minimum atomic E-state index is -0.146. The number of thiophene rings is 1. The fourth-order valence-corrected chi connectivity index (χ4v) is 4.98. The molecule has 2 aliphatic rings. The molecule has 1 aromatic heterocycles. The van der Waals surface area contributed by atoms with Crippen LogP contribution < -0.4 is 10.1 Å². The molecule has 138 valence electrons. The van der Waals surface area contributed by atoms with Crippen LogP contribution in [0.1, 0.15) is 45.8 Å². The van der Waals surface area contributed by atoms with E-state index in [1.165, 1.54) is 10.4 Å². The topological polar surface area (TPSA) is 41.6 Å². The summed E-state index contributed by atoms with van der Waals surface area (Å²) in [6, 6.07) is 12.6. The molecule has 0 atom stereocenters. The lowest BCUT2D eigenvalue weighted by atomic mass is 9.81. The first-order valence-corrected chi connectivity index (χ1v) is 10.2. The fraction of sp³-hybridized carbons (Fsp3) is 0.476. The Morgan fingerprint density at radius 2 is 2.00 bits per heavy atom. The smallest absolute Gasteiger partial charge is 0.263 e. The van der Waals surface area contributed by atoms with E-state index < -0.39 is 0 Å². The Bertz CT molecular complexity index is 793. The van der Waals surface area contributed by atoms with E-state index in [4.69, 9.17) is 4.74 Å². The molecule has 1 spiro atoms. The van der Waals surface area contributed by atoms with Gasteiger partial charge in [0.15, 0.2) is 0 Å². The maximum atomic E-state index is 12.7. The van der Waals surface area contributed by atoms with Crippen LogP contribution in [0.5, 0.6) is 5.75 Å². The predicted octanol–water partition coefficient (Wildman–Crippen LogP) is 3.99. The average Bonchev–Trinajstić information content (AvgIpc) is 3.00. The van der Waals surface area contributed by atoms with Gasteiger partial charge in [-0.3, -0.25) is 4.79 Å². The summed E-state index contributed by atoms with van der Waals surface area (Å²) in [6.07, 6.45) is 3.91. The third-order valence-electron chi connectivity index (χ3n) is 5.75. The van der Waals surface area contributed by atoms with E-state index in [-0.39, 0.29) is 17.6 Å². The highest BCUT2D eigenvalue weighted by atomic mass is 32.1. The summed E-state index contributed by atoms with van der Waals surface area (Å²) >= 11 is 1.58. The molecule has 1 saturated carbocycles. The van der Waals surface area contributed by atoms with Gasteiger partial charge in [0, 0.05) is 36.6 Å². The van der Waals surface area contributed by atoms with E-state index >= 15 is 0 Å². The number of nitrogens with zero attached hydrogens (tertiary/aromatic N) is 1. The third-order valence-corrected chi connectivity index (χ3v) is 6.74. The molecule has 5 heteroatoms.